The van der Waals surface area contributed by atoms with E-state index in [9.17, 15) is 31.1 Å². The van der Waals surface area contributed by atoms with Gasteiger partial charge in [0.15, 0.2) is 0 Å². The van der Waals surface area contributed by atoms with Crippen molar-refractivity contribution in [1.29, 1.82) is 0 Å². The van der Waals surface area contributed by atoms with E-state index in [0.29, 0.717) is 11.3 Å². The Morgan fingerprint density at radius 1 is 0.943 bits per heavy atom. The molecule has 0 atom stereocenters. The molecule has 0 aliphatic rings. The van der Waals surface area contributed by atoms with Crippen LogP contribution in [0.2, 0.25) is 0 Å². The molecule has 3 N–H and O–H groups in total. The number of nitrogens with one attached hydrogen (secondary N) is 2. The summed E-state index contributed by atoms with van der Waals surface area (Å²) in [4.78, 5) is 19.1. The van der Waals surface area contributed by atoms with Crippen LogP contribution >= 0.6 is 0 Å². The smallest absolute Gasteiger partial charge is 0.480 e. The highest BCUT2D eigenvalue weighted by molar-refractivity contribution is 5.73. The molecule has 0 amide bonds. The van der Waals surface area contributed by atoms with Crippen LogP contribution in [0.4, 0.5) is 43.8 Å². The van der Waals surface area contributed by atoms with Crippen LogP contribution in [0.3, 0.4) is 0 Å². The van der Waals surface area contributed by atoms with E-state index in [-0.39, 0.29) is 23.0 Å². The van der Waals surface area contributed by atoms with Gasteiger partial charge in [-0.2, -0.15) is 4.98 Å². The van der Waals surface area contributed by atoms with Gasteiger partial charge in [0.1, 0.15) is 23.9 Å². The molecule has 0 bridgehead atoms. The van der Waals surface area contributed by atoms with Crippen molar-refractivity contribution in [3.63, 3.8) is 0 Å². The number of carbonyl (C=O) groups is 1. The zero-order chi connectivity index (χ0) is 25.8. The third-order valence-corrected chi connectivity index (χ3v) is 4.18. The minimum absolute atomic E-state index is 0.0811. The number of hydrogen-bond acceptors (Lipinski definition) is 7. The van der Waals surface area contributed by atoms with Crippen molar-refractivity contribution < 1.29 is 45.7 Å². The predicted octanol–water partition coefficient (Wildman–Crippen LogP) is 5.49. The molecule has 0 saturated carbocycles. The number of anilines is 3. The Morgan fingerprint density at radius 3 is 2.20 bits per heavy atom. The van der Waals surface area contributed by atoms with Crippen LogP contribution in [0, 0.1) is 6.92 Å². The van der Waals surface area contributed by atoms with Gasteiger partial charge in [-0.3, -0.25) is 4.79 Å². The molecule has 14 heteroatoms. The van der Waals surface area contributed by atoms with E-state index in [1.807, 2.05) is 0 Å². The molecule has 2 aromatic carbocycles. The minimum atomic E-state index is -4.91. The predicted molar refractivity (Wildman–Crippen MR) is 111 cm³/mol. The summed E-state index contributed by atoms with van der Waals surface area (Å²) in [6.07, 6.45) is -9.78. The highest BCUT2D eigenvalue weighted by Gasteiger charge is 2.32. The summed E-state index contributed by atoms with van der Waals surface area (Å²) >= 11 is 0. The lowest BCUT2D eigenvalue weighted by Crippen LogP contribution is -2.17. The highest BCUT2D eigenvalue weighted by Crippen LogP contribution is 2.31. The zero-order valence-corrected chi connectivity index (χ0v) is 17.7. The van der Waals surface area contributed by atoms with Gasteiger partial charge < -0.3 is 25.2 Å². The number of halogens is 6. The number of alkyl halides is 6. The topological polar surface area (TPSA) is 106 Å². The summed E-state index contributed by atoms with van der Waals surface area (Å²) in [5.74, 6) is -2.24. The first-order chi connectivity index (χ1) is 16.3. The number of carboxylic acid groups (broad SMARTS) is 1. The third-order valence-electron chi connectivity index (χ3n) is 4.18. The van der Waals surface area contributed by atoms with Gasteiger partial charge in [-0.05, 0) is 42.8 Å². The maximum Gasteiger partial charge on any atom is 0.573 e. The molecule has 0 spiro atoms. The number of carboxylic acids is 1. The maximum absolute atomic E-state index is 12.6. The molecule has 35 heavy (non-hydrogen) atoms. The number of ether oxygens (including phenoxy) is 2. The standard InChI is InChI=1S/C21H16F6N4O4/c1-11-7-14(35-21(25,26)27)5-6-15(11)29-17-9-16(30-19(31-17)28-10-18(32)33)12-3-2-4-13(8-12)34-20(22,23)24/h2-9H,10H2,1H3,(H,32,33)(H2,28,29,30,31). The van der Waals surface area contributed by atoms with Gasteiger partial charge in [-0.15, -0.1) is 26.3 Å². The summed E-state index contributed by atoms with van der Waals surface area (Å²) in [6, 6.07) is 9.80. The first kappa shape index (κ1) is 25.4. The van der Waals surface area contributed by atoms with Crippen LogP contribution in [-0.4, -0.2) is 40.3 Å². The Balaban J connectivity index is 1.95. The van der Waals surface area contributed by atoms with Crippen LogP contribution in [0.1, 0.15) is 5.56 Å². The van der Waals surface area contributed by atoms with E-state index in [0.717, 1.165) is 24.3 Å². The minimum Gasteiger partial charge on any atom is -0.480 e. The number of hydrogen-bond donors (Lipinski definition) is 3. The Bertz CT molecular complexity index is 1220. The van der Waals surface area contributed by atoms with Gasteiger partial charge in [-0.25, -0.2) is 4.98 Å². The van der Waals surface area contributed by atoms with E-state index in [2.05, 4.69) is 30.1 Å². The Morgan fingerprint density at radius 2 is 1.60 bits per heavy atom. The molecule has 0 fully saturated rings. The lowest BCUT2D eigenvalue weighted by atomic mass is 10.1. The van der Waals surface area contributed by atoms with E-state index < -0.39 is 36.7 Å². The van der Waals surface area contributed by atoms with E-state index in [1.165, 1.54) is 31.2 Å². The molecule has 8 nitrogen and oxygen atoms in total. The molecule has 0 aliphatic heterocycles. The van der Waals surface area contributed by atoms with Crippen molar-refractivity contribution in [2.24, 2.45) is 0 Å². The average Bonchev–Trinajstić information content (AvgIpc) is 2.72. The van der Waals surface area contributed by atoms with Crippen molar-refractivity contribution in [3.8, 4) is 22.8 Å². The van der Waals surface area contributed by atoms with E-state index in [4.69, 9.17) is 5.11 Å². The lowest BCUT2D eigenvalue weighted by Gasteiger charge is -2.15. The fraction of sp³-hybridized carbons (Fsp3) is 0.190. The molecule has 0 aliphatic carbocycles. The Labute approximate surface area is 193 Å². The number of nitrogens with zero attached hydrogens (tertiary/aromatic N) is 2. The third kappa shape index (κ3) is 7.94. The van der Waals surface area contributed by atoms with Gasteiger partial charge >= 0.3 is 18.7 Å². The maximum atomic E-state index is 12.6. The number of aliphatic carboxylic acids is 1. The summed E-state index contributed by atoms with van der Waals surface area (Å²) in [5, 5.41) is 14.2. The van der Waals surface area contributed by atoms with Crippen molar-refractivity contribution in [2.45, 2.75) is 19.6 Å². The lowest BCUT2D eigenvalue weighted by molar-refractivity contribution is -0.275. The van der Waals surface area contributed by atoms with Crippen LogP contribution < -0.4 is 20.1 Å². The second-order valence-corrected chi connectivity index (χ2v) is 6.93. The number of rotatable bonds is 8. The molecule has 0 unspecified atom stereocenters. The number of benzene rings is 2. The van der Waals surface area contributed by atoms with Crippen LogP contribution in [0.5, 0.6) is 11.5 Å². The summed E-state index contributed by atoms with van der Waals surface area (Å²) in [7, 11) is 0. The second-order valence-electron chi connectivity index (χ2n) is 6.93. The van der Waals surface area contributed by atoms with Gasteiger partial charge in [0.2, 0.25) is 5.95 Å². The van der Waals surface area contributed by atoms with Gasteiger partial charge in [0, 0.05) is 17.3 Å². The molecule has 186 valence electrons. The van der Waals surface area contributed by atoms with Crippen molar-refractivity contribution in [3.05, 3.63) is 54.1 Å². The van der Waals surface area contributed by atoms with Gasteiger partial charge in [-0.1, -0.05) is 12.1 Å². The van der Waals surface area contributed by atoms with Gasteiger partial charge in [0.05, 0.1) is 5.69 Å². The summed E-state index contributed by atoms with van der Waals surface area (Å²) in [6.45, 7) is 0.956. The molecule has 0 saturated heterocycles. The average molecular weight is 502 g/mol. The molecule has 3 rings (SSSR count). The van der Waals surface area contributed by atoms with Crippen molar-refractivity contribution in [2.75, 3.05) is 17.2 Å². The summed E-state index contributed by atoms with van der Waals surface area (Å²) < 4.78 is 82.9. The molecule has 1 heterocycles. The number of aromatic nitrogens is 2. The molecule has 0 radical (unpaired) electrons. The molecular formula is C21H16F6N4O4. The van der Waals surface area contributed by atoms with Gasteiger partial charge in [0.25, 0.3) is 0 Å². The fourth-order valence-corrected chi connectivity index (χ4v) is 2.86. The quantitative estimate of drug-likeness (QED) is 0.348. The van der Waals surface area contributed by atoms with E-state index in [1.54, 1.807) is 0 Å². The van der Waals surface area contributed by atoms with Crippen molar-refractivity contribution in [1.82, 2.24) is 9.97 Å². The first-order valence-electron chi connectivity index (χ1n) is 9.62. The van der Waals surface area contributed by atoms with E-state index >= 15 is 0 Å². The Kier molecular flexibility index (Phi) is 7.22. The fourth-order valence-electron chi connectivity index (χ4n) is 2.86. The normalized spacial score (nSPS) is 11.6. The van der Waals surface area contributed by atoms with Crippen LogP contribution in [-0.2, 0) is 4.79 Å². The molecular weight excluding hydrogens is 486 g/mol. The van der Waals surface area contributed by atoms with Crippen molar-refractivity contribution >= 4 is 23.4 Å². The number of aryl methyl sites for hydroxylation is 1. The Hall–Kier alpha value is -4.23. The largest absolute Gasteiger partial charge is 0.573 e. The molecule has 1 aromatic heterocycles. The zero-order valence-electron chi connectivity index (χ0n) is 17.7. The van der Waals surface area contributed by atoms with Crippen LogP contribution in [0.25, 0.3) is 11.3 Å². The summed E-state index contributed by atoms with van der Waals surface area (Å²) in [5.41, 5.74) is 0.994. The van der Waals surface area contributed by atoms with Crippen LogP contribution in [0.15, 0.2) is 48.5 Å². The second kappa shape index (κ2) is 9.95. The molecule has 3 aromatic rings. The monoisotopic (exact) mass is 502 g/mol. The SMILES string of the molecule is Cc1cc(OC(F)(F)F)ccc1Nc1cc(-c2cccc(OC(F)(F)F)c2)nc(NCC(=O)O)n1. The highest BCUT2D eigenvalue weighted by atomic mass is 19.4. The first-order valence-corrected chi connectivity index (χ1v) is 9.62.